The smallest absolute Gasteiger partial charge is 0.166 e. The average molecular weight is 297 g/mol. The van der Waals surface area contributed by atoms with Crippen LogP contribution in [0.5, 0.6) is 0 Å². The number of benzene rings is 1. The monoisotopic (exact) mass is 296 g/mol. The molecule has 0 bridgehead atoms. The van der Waals surface area contributed by atoms with Crippen LogP contribution in [0.4, 0.5) is 0 Å². The van der Waals surface area contributed by atoms with Gasteiger partial charge in [0.2, 0.25) is 0 Å². The van der Waals surface area contributed by atoms with E-state index in [0.717, 1.165) is 24.8 Å². The minimum atomic E-state index is -1.10. The van der Waals surface area contributed by atoms with Crippen molar-refractivity contribution in [2.45, 2.75) is 44.0 Å². The Morgan fingerprint density at radius 2 is 1.95 bits per heavy atom. The van der Waals surface area contributed by atoms with E-state index in [0.29, 0.717) is 17.9 Å². The molecule has 0 amide bonds. The Labute approximate surface area is 124 Å². The lowest BCUT2D eigenvalue weighted by Crippen LogP contribution is -2.35. The molecule has 0 radical (unpaired) electrons. The predicted molar refractivity (Wildman–Crippen MR) is 79.5 cm³/mol. The number of aliphatic hydroxyl groups is 2. The Bertz CT molecular complexity index is 453. The zero-order valence-corrected chi connectivity index (χ0v) is 12.2. The number of hydrogen-bond donors (Lipinski definition) is 2. The lowest BCUT2D eigenvalue weighted by atomic mass is 9.94. The summed E-state index contributed by atoms with van der Waals surface area (Å²) < 4.78 is 5.92. The van der Waals surface area contributed by atoms with Crippen molar-refractivity contribution in [3.8, 4) is 0 Å². The van der Waals surface area contributed by atoms with E-state index in [-0.39, 0.29) is 6.61 Å². The van der Waals surface area contributed by atoms with E-state index in [4.69, 9.17) is 21.4 Å². The number of aliphatic hydroxyl groups excluding tert-OH is 1. The van der Waals surface area contributed by atoms with Crippen molar-refractivity contribution in [2.75, 3.05) is 6.61 Å². The van der Waals surface area contributed by atoms with Gasteiger partial charge in [-0.3, -0.25) is 0 Å². The minimum Gasteiger partial charge on any atom is -0.392 e. The fraction of sp³-hybridized carbons (Fsp3) is 0.500. The van der Waals surface area contributed by atoms with Crippen LogP contribution >= 0.6 is 11.6 Å². The third kappa shape index (κ3) is 4.06. The van der Waals surface area contributed by atoms with Crippen LogP contribution in [0.1, 0.15) is 43.8 Å². The zero-order valence-electron chi connectivity index (χ0n) is 11.5. The molecule has 0 saturated heterocycles. The van der Waals surface area contributed by atoms with Gasteiger partial charge in [0, 0.05) is 23.4 Å². The number of halogens is 1. The van der Waals surface area contributed by atoms with Crippen LogP contribution in [-0.4, -0.2) is 22.6 Å². The summed E-state index contributed by atoms with van der Waals surface area (Å²) in [5.74, 6) is -1.10. The van der Waals surface area contributed by atoms with Gasteiger partial charge in [-0.1, -0.05) is 48.4 Å². The highest BCUT2D eigenvalue weighted by Gasteiger charge is 2.33. The molecule has 0 aromatic heterocycles. The molecule has 3 nitrogen and oxygen atoms in total. The third-order valence-corrected chi connectivity index (χ3v) is 3.95. The molecular weight excluding hydrogens is 276 g/mol. The van der Waals surface area contributed by atoms with Gasteiger partial charge in [-0.25, -0.2) is 0 Å². The third-order valence-electron chi connectivity index (χ3n) is 3.61. The van der Waals surface area contributed by atoms with Crippen LogP contribution in [0.25, 0.3) is 0 Å². The molecule has 20 heavy (non-hydrogen) atoms. The quantitative estimate of drug-likeness (QED) is 0.645. The Morgan fingerprint density at radius 1 is 1.25 bits per heavy atom. The highest BCUT2D eigenvalue weighted by atomic mass is 35.5. The van der Waals surface area contributed by atoms with Gasteiger partial charge in [-0.2, -0.15) is 0 Å². The van der Waals surface area contributed by atoms with Gasteiger partial charge in [-0.15, -0.1) is 0 Å². The SMILES string of the molecule is OC/C=C/[C@H](OC1(O)CCCCC1)c1ccccc1Cl. The van der Waals surface area contributed by atoms with Crippen LogP contribution in [0.2, 0.25) is 5.02 Å². The molecule has 0 unspecified atom stereocenters. The van der Waals surface area contributed by atoms with Gasteiger partial charge in [0.25, 0.3) is 0 Å². The van der Waals surface area contributed by atoms with Crippen molar-refractivity contribution in [2.24, 2.45) is 0 Å². The maximum absolute atomic E-state index is 10.5. The molecule has 0 aliphatic heterocycles. The highest BCUT2D eigenvalue weighted by molar-refractivity contribution is 6.31. The summed E-state index contributed by atoms with van der Waals surface area (Å²) >= 11 is 6.20. The Kier molecular flexibility index (Phi) is 5.61. The topological polar surface area (TPSA) is 49.7 Å². The van der Waals surface area contributed by atoms with E-state index in [9.17, 15) is 5.11 Å². The minimum absolute atomic E-state index is 0.0667. The second-order valence-electron chi connectivity index (χ2n) is 5.18. The summed E-state index contributed by atoms with van der Waals surface area (Å²) in [6.45, 7) is -0.0667. The molecule has 1 aliphatic carbocycles. The van der Waals surface area contributed by atoms with Crippen LogP contribution in [0.15, 0.2) is 36.4 Å². The maximum atomic E-state index is 10.5. The normalized spacial score (nSPS) is 20.1. The Balaban J connectivity index is 2.19. The van der Waals surface area contributed by atoms with Gasteiger partial charge >= 0.3 is 0 Å². The Hall–Kier alpha value is -0.870. The van der Waals surface area contributed by atoms with Crippen LogP contribution in [0.3, 0.4) is 0 Å². The number of hydrogen-bond acceptors (Lipinski definition) is 3. The molecule has 0 spiro atoms. The van der Waals surface area contributed by atoms with Crippen molar-refractivity contribution in [1.82, 2.24) is 0 Å². The Morgan fingerprint density at radius 3 is 2.60 bits per heavy atom. The number of ether oxygens (including phenoxy) is 1. The first-order valence-corrected chi connectivity index (χ1v) is 7.44. The summed E-state index contributed by atoms with van der Waals surface area (Å²) in [5, 5.41) is 20.1. The van der Waals surface area contributed by atoms with Gasteiger partial charge < -0.3 is 14.9 Å². The summed E-state index contributed by atoms with van der Waals surface area (Å²) in [7, 11) is 0. The van der Waals surface area contributed by atoms with E-state index in [2.05, 4.69) is 0 Å². The van der Waals surface area contributed by atoms with E-state index in [1.807, 2.05) is 18.2 Å². The van der Waals surface area contributed by atoms with E-state index >= 15 is 0 Å². The first-order valence-electron chi connectivity index (χ1n) is 7.07. The summed E-state index contributed by atoms with van der Waals surface area (Å²) in [6, 6.07) is 7.41. The molecule has 1 saturated carbocycles. The second-order valence-corrected chi connectivity index (χ2v) is 5.58. The molecular formula is C16H21ClO3. The van der Waals surface area contributed by atoms with Crippen LogP contribution < -0.4 is 0 Å². The summed E-state index contributed by atoms with van der Waals surface area (Å²) in [4.78, 5) is 0. The molecule has 1 fully saturated rings. The molecule has 2 rings (SSSR count). The van der Waals surface area contributed by atoms with Crippen molar-refractivity contribution in [1.29, 1.82) is 0 Å². The average Bonchev–Trinajstić information content (AvgIpc) is 2.45. The van der Waals surface area contributed by atoms with E-state index in [1.54, 1.807) is 18.2 Å². The van der Waals surface area contributed by atoms with Gasteiger partial charge in [-0.05, 0) is 18.9 Å². The van der Waals surface area contributed by atoms with Gasteiger partial charge in [0.15, 0.2) is 5.79 Å². The van der Waals surface area contributed by atoms with E-state index in [1.165, 1.54) is 0 Å². The molecule has 1 aliphatic rings. The van der Waals surface area contributed by atoms with Crippen molar-refractivity contribution in [3.63, 3.8) is 0 Å². The maximum Gasteiger partial charge on any atom is 0.166 e. The largest absolute Gasteiger partial charge is 0.392 e. The number of rotatable bonds is 5. The van der Waals surface area contributed by atoms with E-state index < -0.39 is 11.9 Å². The van der Waals surface area contributed by atoms with Crippen LogP contribution in [0, 0.1) is 0 Å². The molecule has 110 valence electrons. The first-order chi connectivity index (χ1) is 9.64. The van der Waals surface area contributed by atoms with Gasteiger partial charge in [0.05, 0.1) is 6.61 Å². The van der Waals surface area contributed by atoms with Crippen LogP contribution in [-0.2, 0) is 4.74 Å². The summed E-state index contributed by atoms with van der Waals surface area (Å²) in [6.07, 6.45) is 7.26. The van der Waals surface area contributed by atoms with Gasteiger partial charge in [0.1, 0.15) is 6.10 Å². The molecule has 1 atom stereocenters. The second kappa shape index (κ2) is 7.23. The zero-order chi connectivity index (χ0) is 14.4. The highest BCUT2D eigenvalue weighted by Crippen LogP contribution is 2.36. The van der Waals surface area contributed by atoms with Crippen molar-refractivity contribution >= 4 is 11.6 Å². The molecule has 1 aromatic carbocycles. The molecule has 2 N–H and O–H groups in total. The lowest BCUT2D eigenvalue weighted by molar-refractivity contribution is -0.238. The predicted octanol–water partition coefficient (Wildman–Crippen LogP) is 3.60. The molecule has 1 aromatic rings. The molecule has 0 heterocycles. The first kappa shape index (κ1) is 15.5. The lowest BCUT2D eigenvalue weighted by Gasteiger charge is -2.35. The summed E-state index contributed by atoms with van der Waals surface area (Å²) in [5.41, 5.74) is 0.804. The van der Waals surface area contributed by atoms with Crippen molar-refractivity contribution < 1.29 is 14.9 Å². The fourth-order valence-corrected chi connectivity index (χ4v) is 2.80. The standard InChI is InChI=1S/C16H21ClO3/c17-14-8-3-2-7-13(14)15(9-6-12-18)20-16(19)10-4-1-5-11-16/h2-3,6-9,15,18-19H,1,4-5,10-12H2/b9-6+/t15-/m0/s1. The fourth-order valence-electron chi connectivity index (χ4n) is 2.56. The van der Waals surface area contributed by atoms with Crippen molar-refractivity contribution in [3.05, 3.63) is 47.0 Å². The molecule has 4 heteroatoms.